The van der Waals surface area contributed by atoms with Gasteiger partial charge in [-0.25, -0.2) is 4.98 Å². The SMILES string of the molecule is CCCCCOc1nc(Nc2cccc(OC(C)C)c2)ncc1C(F)(F)F. The number of alkyl halides is 3. The van der Waals surface area contributed by atoms with Gasteiger partial charge in [0.1, 0.15) is 11.3 Å². The van der Waals surface area contributed by atoms with E-state index >= 15 is 0 Å². The van der Waals surface area contributed by atoms with Crippen molar-refractivity contribution in [3.8, 4) is 11.6 Å². The third kappa shape index (κ3) is 6.62. The number of hydrogen-bond acceptors (Lipinski definition) is 5. The van der Waals surface area contributed by atoms with Crippen molar-refractivity contribution >= 4 is 11.6 Å². The quantitative estimate of drug-likeness (QED) is 0.572. The van der Waals surface area contributed by atoms with E-state index in [1.807, 2.05) is 20.8 Å². The van der Waals surface area contributed by atoms with Crippen LogP contribution >= 0.6 is 0 Å². The lowest BCUT2D eigenvalue weighted by molar-refractivity contribution is -0.139. The minimum Gasteiger partial charge on any atom is -0.491 e. The maximum Gasteiger partial charge on any atom is 0.423 e. The van der Waals surface area contributed by atoms with Crippen molar-refractivity contribution in [1.82, 2.24) is 9.97 Å². The number of nitrogens with zero attached hydrogens (tertiary/aromatic N) is 2. The largest absolute Gasteiger partial charge is 0.491 e. The Morgan fingerprint density at radius 3 is 2.63 bits per heavy atom. The molecule has 0 bridgehead atoms. The Kier molecular flexibility index (Phi) is 7.27. The molecule has 8 heteroatoms. The topological polar surface area (TPSA) is 56.3 Å². The van der Waals surface area contributed by atoms with Crippen molar-refractivity contribution in [3.63, 3.8) is 0 Å². The maximum absolute atomic E-state index is 13.2. The first-order valence-corrected chi connectivity index (χ1v) is 8.90. The fraction of sp³-hybridized carbons (Fsp3) is 0.474. The Labute approximate surface area is 156 Å². The number of aromatic nitrogens is 2. The molecule has 0 saturated heterocycles. The summed E-state index contributed by atoms with van der Waals surface area (Å²) in [4.78, 5) is 7.69. The Balaban J connectivity index is 2.19. The van der Waals surface area contributed by atoms with E-state index in [0.29, 0.717) is 17.9 Å². The van der Waals surface area contributed by atoms with Gasteiger partial charge in [-0.1, -0.05) is 25.8 Å². The van der Waals surface area contributed by atoms with Crippen molar-refractivity contribution < 1.29 is 22.6 Å². The molecule has 5 nitrogen and oxygen atoms in total. The van der Waals surface area contributed by atoms with Gasteiger partial charge in [-0.2, -0.15) is 18.2 Å². The van der Waals surface area contributed by atoms with Crippen LogP contribution in [0.3, 0.4) is 0 Å². The number of anilines is 2. The van der Waals surface area contributed by atoms with Crippen molar-refractivity contribution in [2.24, 2.45) is 0 Å². The fourth-order valence-corrected chi connectivity index (χ4v) is 2.30. The van der Waals surface area contributed by atoms with Crippen molar-refractivity contribution in [3.05, 3.63) is 36.0 Å². The summed E-state index contributed by atoms with van der Waals surface area (Å²) >= 11 is 0. The number of unbranched alkanes of at least 4 members (excludes halogenated alkanes) is 2. The highest BCUT2D eigenvalue weighted by Crippen LogP contribution is 2.35. The molecule has 0 fully saturated rings. The number of rotatable bonds is 9. The molecule has 0 atom stereocenters. The minimum absolute atomic E-state index is 0.00527. The number of halogens is 3. The van der Waals surface area contributed by atoms with Gasteiger partial charge >= 0.3 is 6.18 Å². The summed E-state index contributed by atoms with van der Waals surface area (Å²) in [6, 6.07) is 7.03. The first kappa shape index (κ1) is 20.8. The molecule has 27 heavy (non-hydrogen) atoms. The van der Waals surface area contributed by atoms with Crippen LogP contribution in [-0.2, 0) is 6.18 Å². The summed E-state index contributed by atoms with van der Waals surface area (Å²) in [7, 11) is 0. The highest BCUT2D eigenvalue weighted by molar-refractivity contribution is 5.56. The van der Waals surface area contributed by atoms with Gasteiger partial charge in [-0.15, -0.1) is 0 Å². The van der Waals surface area contributed by atoms with Gasteiger partial charge in [0.2, 0.25) is 11.8 Å². The average molecular weight is 383 g/mol. The Hall–Kier alpha value is -2.51. The van der Waals surface area contributed by atoms with Crippen LogP contribution in [0.4, 0.5) is 24.8 Å². The summed E-state index contributed by atoms with van der Waals surface area (Å²) in [5, 5.41) is 2.89. The highest BCUT2D eigenvalue weighted by Gasteiger charge is 2.36. The van der Waals surface area contributed by atoms with E-state index in [9.17, 15) is 13.2 Å². The molecule has 2 rings (SSSR count). The van der Waals surface area contributed by atoms with E-state index in [2.05, 4.69) is 15.3 Å². The van der Waals surface area contributed by atoms with Gasteiger partial charge < -0.3 is 14.8 Å². The summed E-state index contributed by atoms with van der Waals surface area (Å²) in [6.45, 7) is 5.98. The van der Waals surface area contributed by atoms with Crippen LogP contribution in [0, 0.1) is 0 Å². The zero-order valence-electron chi connectivity index (χ0n) is 15.6. The van der Waals surface area contributed by atoms with Crippen LogP contribution in [0.15, 0.2) is 30.5 Å². The Morgan fingerprint density at radius 1 is 1.19 bits per heavy atom. The summed E-state index contributed by atoms with van der Waals surface area (Å²) in [6.07, 6.45) is -1.36. The van der Waals surface area contributed by atoms with Crippen LogP contribution in [0.1, 0.15) is 45.6 Å². The number of hydrogen-bond donors (Lipinski definition) is 1. The molecule has 0 spiro atoms. The second-order valence-corrected chi connectivity index (χ2v) is 6.29. The molecular formula is C19H24F3N3O2. The molecule has 0 aliphatic rings. The Bertz CT molecular complexity index is 736. The highest BCUT2D eigenvalue weighted by atomic mass is 19.4. The minimum atomic E-state index is -4.58. The molecule has 1 aromatic heterocycles. The lowest BCUT2D eigenvalue weighted by atomic mass is 10.2. The van der Waals surface area contributed by atoms with Crippen molar-refractivity contribution in [1.29, 1.82) is 0 Å². The van der Waals surface area contributed by atoms with Crippen molar-refractivity contribution in [2.45, 2.75) is 52.3 Å². The van der Waals surface area contributed by atoms with E-state index in [4.69, 9.17) is 9.47 Å². The van der Waals surface area contributed by atoms with Gasteiger partial charge in [-0.3, -0.25) is 0 Å². The molecule has 1 aromatic carbocycles. The van der Waals surface area contributed by atoms with Gasteiger partial charge in [0.25, 0.3) is 0 Å². The summed E-state index contributed by atoms with van der Waals surface area (Å²) in [5.74, 6) is 0.193. The zero-order chi connectivity index (χ0) is 19.9. The molecule has 0 radical (unpaired) electrons. The van der Waals surface area contributed by atoms with Gasteiger partial charge in [0.15, 0.2) is 0 Å². The lowest BCUT2D eigenvalue weighted by Crippen LogP contribution is -2.13. The lowest BCUT2D eigenvalue weighted by Gasteiger charge is -2.15. The summed E-state index contributed by atoms with van der Waals surface area (Å²) in [5.41, 5.74) is -0.383. The monoisotopic (exact) mass is 383 g/mol. The normalized spacial score (nSPS) is 11.5. The van der Waals surface area contributed by atoms with Gasteiger partial charge in [0.05, 0.1) is 12.7 Å². The molecule has 0 unspecified atom stereocenters. The smallest absolute Gasteiger partial charge is 0.423 e. The van der Waals surface area contributed by atoms with Crippen LogP contribution in [0.25, 0.3) is 0 Å². The van der Waals surface area contributed by atoms with E-state index in [1.54, 1.807) is 24.3 Å². The molecule has 0 aliphatic heterocycles. The van der Waals surface area contributed by atoms with E-state index in [0.717, 1.165) is 19.0 Å². The van der Waals surface area contributed by atoms with Crippen molar-refractivity contribution in [2.75, 3.05) is 11.9 Å². The predicted molar refractivity (Wildman–Crippen MR) is 97.5 cm³/mol. The number of benzene rings is 1. The molecule has 0 saturated carbocycles. The van der Waals surface area contributed by atoms with Gasteiger partial charge in [0, 0.05) is 18.0 Å². The molecule has 2 aromatic rings. The number of ether oxygens (including phenoxy) is 2. The molecule has 1 N–H and O–H groups in total. The first-order chi connectivity index (χ1) is 12.8. The molecular weight excluding hydrogens is 359 g/mol. The standard InChI is InChI=1S/C19H24F3N3O2/c1-4-5-6-10-26-17-16(19(20,21)22)12-23-18(25-17)24-14-8-7-9-15(11-14)27-13(2)3/h7-9,11-13H,4-6,10H2,1-3H3,(H,23,24,25). The second kappa shape index (κ2) is 9.43. The number of nitrogens with one attached hydrogen (secondary N) is 1. The van der Waals surface area contributed by atoms with Gasteiger partial charge in [-0.05, 0) is 32.4 Å². The maximum atomic E-state index is 13.2. The fourth-order valence-electron chi connectivity index (χ4n) is 2.30. The molecule has 0 amide bonds. The van der Waals surface area contributed by atoms with Crippen LogP contribution < -0.4 is 14.8 Å². The summed E-state index contributed by atoms with van der Waals surface area (Å²) < 4.78 is 50.4. The Morgan fingerprint density at radius 2 is 1.96 bits per heavy atom. The predicted octanol–water partition coefficient (Wildman–Crippen LogP) is 5.60. The first-order valence-electron chi connectivity index (χ1n) is 8.90. The van der Waals surface area contributed by atoms with Crippen LogP contribution in [0.2, 0.25) is 0 Å². The third-order valence-corrected chi connectivity index (χ3v) is 3.51. The zero-order valence-corrected chi connectivity index (χ0v) is 15.6. The molecule has 0 aliphatic carbocycles. The van der Waals surface area contributed by atoms with Crippen LogP contribution in [0.5, 0.6) is 11.6 Å². The molecule has 1 heterocycles. The van der Waals surface area contributed by atoms with E-state index in [1.165, 1.54) is 0 Å². The van der Waals surface area contributed by atoms with Crippen LogP contribution in [-0.4, -0.2) is 22.7 Å². The second-order valence-electron chi connectivity index (χ2n) is 6.29. The van der Waals surface area contributed by atoms with E-state index in [-0.39, 0.29) is 18.7 Å². The average Bonchev–Trinajstić information content (AvgIpc) is 2.57. The molecule has 148 valence electrons. The van der Waals surface area contributed by atoms with E-state index < -0.39 is 17.6 Å². The third-order valence-electron chi connectivity index (χ3n) is 3.51.